The summed E-state index contributed by atoms with van der Waals surface area (Å²) in [6.07, 6.45) is 0. The molecule has 4 aromatic carbocycles. The molecule has 0 bridgehead atoms. The van der Waals surface area contributed by atoms with Gasteiger partial charge in [0.25, 0.3) is 0 Å². The van der Waals surface area contributed by atoms with Crippen LogP contribution in [0.15, 0.2) is 91.0 Å². The summed E-state index contributed by atoms with van der Waals surface area (Å²) in [5.41, 5.74) is 17.5. The van der Waals surface area contributed by atoms with Crippen LogP contribution in [0.25, 0.3) is 33.4 Å². The smallest absolute Gasteiger partial charge is 0.0400 e. The molecule has 0 saturated heterocycles. The fourth-order valence-electron chi connectivity index (χ4n) is 4.79. The van der Waals surface area contributed by atoms with Crippen molar-refractivity contribution in [3.63, 3.8) is 0 Å². The molecule has 0 amide bonds. The van der Waals surface area contributed by atoms with E-state index in [4.69, 9.17) is 5.73 Å². The highest BCUT2D eigenvalue weighted by Gasteiger charge is 2.37. The van der Waals surface area contributed by atoms with Crippen molar-refractivity contribution in [2.75, 3.05) is 5.73 Å². The first kappa shape index (κ1) is 16.8. The van der Waals surface area contributed by atoms with Crippen LogP contribution in [0, 0.1) is 0 Å². The standard InChI is InChI=1S/C27H23N/c1-27(2)23-16-7-6-12-20(23)21-14-8-15-22(26(21)27)25-19(13-9-17-24(25)28)18-10-4-3-5-11-18/h3-17H,28H2,1-2H3. The van der Waals surface area contributed by atoms with Crippen molar-refractivity contribution < 1.29 is 0 Å². The number of hydrogen-bond donors (Lipinski definition) is 1. The monoisotopic (exact) mass is 361 g/mol. The molecule has 1 nitrogen and oxygen atoms in total. The topological polar surface area (TPSA) is 26.0 Å². The van der Waals surface area contributed by atoms with E-state index >= 15 is 0 Å². The van der Waals surface area contributed by atoms with E-state index < -0.39 is 0 Å². The van der Waals surface area contributed by atoms with E-state index in [9.17, 15) is 0 Å². The van der Waals surface area contributed by atoms with Gasteiger partial charge in [-0.25, -0.2) is 0 Å². The van der Waals surface area contributed by atoms with Crippen molar-refractivity contribution >= 4 is 5.69 Å². The Balaban J connectivity index is 1.84. The van der Waals surface area contributed by atoms with Crippen molar-refractivity contribution in [1.82, 2.24) is 0 Å². The molecule has 0 spiro atoms. The molecule has 4 aromatic rings. The lowest BCUT2D eigenvalue weighted by atomic mass is 9.77. The largest absolute Gasteiger partial charge is 0.398 e. The Morgan fingerprint density at radius 3 is 2.00 bits per heavy atom. The zero-order valence-electron chi connectivity index (χ0n) is 16.2. The molecule has 2 N–H and O–H groups in total. The van der Waals surface area contributed by atoms with Gasteiger partial charge in [0.05, 0.1) is 0 Å². The summed E-state index contributed by atoms with van der Waals surface area (Å²) in [6, 6.07) is 32.1. The molecular weight excluding hydrogens is 338 g/mol. The highest BCUT2D eigenvalue weighted by molar-refractivity contribution is 5.97. The number of nitrogen functional groups attached to an aromatic ring is 1. The summed E-state index contributed by atoms with van der Waals surface area (Å²) in [5, 5.41) is 0. The molecule has 136 valence electrons. The molecule has 28 heavy (non-hydrogen) atoms. The molecule has 0 fully saturated rings. The molecule has 5 rings (SSSR count). The maximum absolute atomic E-state index is 6.58. The third-order valence-electron chi connectivity index (χ3n) is 6.03. The van der Waals surface area contributed by atoms with Crippen molar-refractivity contribution in [3.8, 4) is 33.4 Å². The maximum Gasteiger partial charge on any atom is 0.0400 e. The Morgan fingerprint density at radius 1 is 0.571 bits per heavy atom. The van der Waals surface area contributed by atoms with Gasteiger partial charge in [-0.2, -0.15) is 0 Å². The minimum atomic E-state index is -0.0707. The predicted octanol–water partition coefficient (Wildman–Crippen LogP) is 6.91. The van der Waals surface area contributed by atoms with Gasteiger partial charge >= 0.3 is 0 Å². The average Bonchev–Trinajstić information content (AvgIpc) is 2.96. The molecule has 1 aliphatic carbocycles. The summed E-state index contributed by atoms with van der Waals surface area (Å²) >= 11 is 0. The lowest BCUT2D eigenvalue weighted by molar-refractivity contribution is 0.662. The first-order valence-corrected chi connectivity index (χ1v) is 9.76. The third kappa shape index (κ3) is 2.33. The molecule has 0 unspecified atom stereocenters. The maximum atomic E-state index is 6.58. The van der Waals surface area contributed by atoms with Crippen LogP contribution in [0.1, 0.15) is 25.0 Å². The number of benzene rings is 4. The van der Waals surface area contributed by atoms with Crippen LogP contribution < -0.4 is 5.73 Å². The molecule has 0 heterocycles. The number of hydrogen-bond acceptors (Lipinski definition) is 1. The second kappa shape index (κ2) is 6.10. The lowest BCUT2D eigenvalue weighted by Gasteiger charge is -2.26. The van der Waals surface area contributed by atoms with Gasteiger partial charge in [0.1, 0.15) is 0 Å². The van der Waals surface area contributed by atoms with Gasteiger partial charge in [-0.1, -0.05) is 98.8 Å². The fourth-order valence-corrected chi connectivity index (χ4v) is 4.79. The Bertz CT molecular complexity index is 1190. The number of rotatable bonds is 2. The Hall–Kier alpha value is -3.32. The Morgan fingerprint density at radius 2 is 1.18 bits per heavy atom. The average molecular weight is 361 g/mol. The molecular formula is C27H23N. The second-order valence-electron chi connectivity index (χ2n) is 8.03. The SMILES string of the molecule is CC1(C)c2ccccc2-c2cccc(-c3c(N)cccc3-c3ccccc3)c21. The van der Waals surface area contributed by atoms with E-state index in [1.54, 1.807) is 0 Å². The van der Waals surface area contributed by atoms with Crippen molar-refractivity contribution in [2.45, 2.75) is 19.3 Å². The van der Waals surface area contributed by atoms with Crippen molar-refractivity contribution in [3.05, 3.63) is 102 Å². The zero-order chi connectivity index (χ0) is 19.3. The van der Waals surface area contributed by atoms with E-state index in [0.717, 1.165) is 11.3 Å². The predicted molar refractivity (Wildman–Crippen MR) is 119 cm³/mol. The molecule has 0 aromatic heterocycles. The molecule has 1 heteroatoms. The molecule has 0 atom stereocenters. The van der Waals surface area contributed by atoms with E-state index in [2.05, 4.69) is 92.7 Å². The van der Waals surface area contributed by atoms with Crippen molar-refractivity contribution in [2.24, 2.45) is 0 Å². The van der Waals surface area contributed by atoms with Gasteiger partial charge < -0.3 is 5.73 Å². The van der Waals surface area contributed by atoms with Gasteiger partial charge in [0.2, 0.25) is 0 Å². The molecule has 0 aliphatic heterocycles. The number of fused-ring (bicyclic) bond motifs is 3. The fraction of sp³-hybridized carbons (Fsp3) is 0.111. The summed E-state index contributed by atoms with van der Waals surface area (Å²) < 4.78 is 0. The summed E-state index contributed by atoms with van der Waals surface area (Å²) in [4.78, 5) is 0. The van der Waals surface area contributed by atoms with E-state index in [1.165, 1.54) is 38.9 Å². The van der Waals surface area contributed by atoms with Gasteiger partial charge in [-0.05, 0) is 45.0 Å². The second-order valence-corrected chi connectivity index (χ2v) is 8.03. The summed E-state index contributed by atoms with van der Waals surface area (Å²) in [6.45, 7) is 4.64. The van der Waals surface area contributed by atoms with Gasteiger partial charge in [-0.15, -0.1) is 0 Å². The molecule has 0 radical (unpaired) electrons. The van der Waals surface area contributed by atoms with Crippen LogP contribution in [0.2, 0.25) is 0 Å². The van der Waals surface area contributed by atoms with Crippen LogP contribution in [0.5, 0.6) is 0 Å². The van der Waals surface area contributed by atoms with Crippen LogP contribution >= 0.6 is 0 Å². The van der Waals surface area contributed by atoms with Gasteiger partial charge in [0, 0.05) is 16.7 Å². The normalized spacial score (nSPS) is 13.8. The van der Waals surface area contributed by atoms with E-state index in [0.29, 0.717) is 0 Å². The highest BCUT2D eigenvalue weighted by Crippen LogP contribution is 2.53. The minimum Gasteiger partial charge on any atom is -0.398 e. The Kier molecular flexibility index (Phi) is 3.67. The van der Waals surface area contributed by atoms with Gasteiger partial charge in [-0.3, -0.25) is 0 Å². The Labute approximate surface area is 166 Å². The van der Waals surface area contributed by atoms with E-state index in [1.807, 2.05) is 12.1 Å². The summed E-state index contributed by atoms with van der Waals surface area (Å²) in [5.74, 6) is 0. The highest BCUT2D eigenvalue weighted by atomic mass is 14.6. The molecule has 1 aliphatic rings. The first-order chi connectivity index (χ1) is 13.6. The minimum absolute atomic E-state index is 0.0707. The zero-order valence-corrected chi connectivity index (χ0v) is 16.2. The van der Waals surface area contributed by atoms with Crippen LogP contribution in [-0.2, 0) is 5.41 Å². The quantitative estimate of drug-likeness (QED) is 0.386. The third-order valence-corrected chi connectivity index (χ3v) is 6.03. The van der Waals surface area contributed by atoms with Gasteiger partial charge in [0.15, 0.2) is 0 Å². The number of anilines is 1. The van der Waals surface area contributed by atoms with Crippen LogP contribution in [-0.4, -0.2) is 0 Å². The number of nitrogens with two attached hydrogens (primary N) is 1. The van der Waals surface area contributed by atoms with Crippen LogP contribution in [0.4, 0.5) is 5.69 Å². The lowest BCUT2D eigenvalue weighted by Crippen LogP contribution is -2.16. The van der Waals surface area contributed by atoms with Crippen molar-refractivity contribution in [1.29, 1.82) is 0 Å². The summed E-state index contributed by atoms with van der Waals surface area (Å²) in [7, 11) is 0. The molecule has 0 saturated carbocycles. The van der Waals surface area contributed by atoms with Crippen LogP contribution in [0.3, 0.4) is 0 Å². The van der Waals surface area contributed by atoms with E-state index in [-0.39, 0.29) is 5.41 Å². The first-order valence-electron chi connectivity index (χ1n) is 9.76.